The summed E-state index contributed by atoms with van der Waals surface area (Å²) in [5.74, 6) is -12.3. The first-order valence-corrected chi connectivity index (χ1v) is 48.9. The topological polar surface area (TPSA) is 409 Å². The number of phenolic OH excluding ortho intramolecular Hbond substituents is 4. The van der Waals surface area contributed by atoms with Crippen molar-refractivity contribution in [1.29, 1.82) is 0 Å². The molecule has 16 fully saturated rings. The Kier molecular flexibility index (Phi) is 22.7. The van der Waals surface area contributed by atoms with Crippen LogP contribution >= 0.6 is 0 Å². The maximum atomic E-state index is 14.4. The molecule has 8 aromatic carbocycles. The molecule has 8 N–H and O–H groups in total. The number of hydrogen-bond donors (Lipinski definition) is 8. The van der Waals surface area contributed by atoms with Crippen molar-refractivity contribution in [2.24, 2.45) is 45.3 Å². The molecule has 0 aliphatic heterocycles. The van der Waals surface area contributed by atoms with E-state index >= 15 is 0 Å². The molecule has 17 aliphatic carbocycles. The molecule has 24 bridgehead atoms. The number of carbonyl (C=O) groups is 8. The van der Waals surface area contributed by atoms with Crippen molar-refractivity contribution in [2.45, 2.75) is 250 Å². The number of methoxy groups -OCH3 is 4. The standard InChI is InChI=1S/C112H120O28/c1-101-33-61-37-105(125,49-101)57-109(41-61,53-101)137-89(117)45-133-97(121)69-17-9-65(10-18-69)93-73-25-78(86(130-6)29-81(73)113)95(67-13-21-71(22-14-67)99(123)135-47-91(119)139-111-43-63-35-103(3,55-111)51-107(127,39-63)59-111)75-27-80(88(132-8)31-83(75)115)96(68-15-23-72(24-16-68)100(124)136-48-92(120)140-112-44-64-36-104(4,56-112)52-108(128,40-64)60-112)76-28-79(87(131-7)32-84(76)116)94(74-26-77(93)85(129-5)30-82(74)114)66-11-19-70(20-12-66)98(122)134-46-90(118)138-110-42-62-34-102(2,54-110)50-106(126,38-62)58-110/h9-32,61-64,93-96,113-116,125-128H,33-60H2,1-8H3. The van der Waals surface area contributed by atoms with E-state index in [2.05, 4.69) is 27.7 Å². The monoisotopic (exact) mass is 1910 g/mol. The van der Waals surface area contributed by atoms with E-state index in [-0.39, 0.29) is 184 Å². The van der Waals surface area contributed by atoms with Crippen molar-refractivity contribution in [1.82, 2.24) is 0 Å². The molecular formula is C112H120O28. The van der Waals surface area contributed by atoms with Crippen molar-refractivity contribution in [3.05, 3.63) is 235 Å². The van der Waals surface area contributed by atoms with Gasteiger partial charge >= 0.3 is 47.8 Å². The lowest BCUT2D eigenvalue weighted by molar-refractivity contribution is -0.241. The number of rotatable bonds is 24. The highest BCUT2D eigenvalue weighted by atomic mass is 16.6. The number of ether oxygens (including phenoxy) is 12. The fourth-order valence-corrected chi connectivity index (χ4v) is 31.7. The Morgan fingerprint density at radius 1 is 0.257 bits per heavy atom. The van der Waals surface area contributed by atoms with E-state index < -0.39 is 143 Å². The predicted octanol–water partition coefficient (Wildman–Crippen LogP) is 16.3. The molecular weight excluding hydrogens is 1790 g/mol. The second-order valence-electron chi connectivity index (χ2n) is 45.9. The fraction of sp³-hybridized carbons (Fsp3) is 0.500. The van der Waals surface area contributed by atoms with E-state index in [0.29, 0.717) is 125 Å². The van der Waals surface area contributed by atoms with Crippen LogP contribution in [0.1, 0.15) is 314 Å². The van der Waals surface area contributed by atoms with Gasteiger partial charge in [-0.15, -0.1) is 0 Å². The number of esters is 8. The molecule has 0 heterocycles. The molecule has 16 saturated carbocycles. The molecule has 0 radical (unpaired) electrons. The molecule has 0 aromatic heterocycles. The third-order valence-electron chi connectivity index (χ3n) is 33.6. The second-order valence-corrected chi connectivity index (χ2v) is 45.9. The van der Waals surface area contributed by atoms with Gasteiger partial charge in [-0.05, 0) is 269 Å². The van der Waals surface area contributed by atoms with Crippen LogP contribution in [0.15, 0.2) is 146 Å². The molecule has 0 spiro atoms. The van der Waals surface area contributed by atoms with Crippen LogP contribution in [0.25, 0.3) is 0 Å². The molecule has 0 saturated heterocycles. The Hall–Kier alpha value is -12.2. The van der Waals surface area contributed by atoms with Gasteiger partial charge in [0.25, 0.3) is 0 Å². The van der Waals surface area contributed by atoms with Gasteiger partial charge in [-0.3, -0.25) is 0 Å². The van der Waals surface area contributed by atoms with Gasteiger partial charge < -0.3 is 97.7 Å². The highest BCUT2D eigenvalue weighted by Crippen LogP contribution is 2.69. The van der Waals surface area contributed by atoms with Crippen molar-refractivity contribution in [3.63, 3.8) is 0 Å². The van der Waals surface area contributed by atoms with E-state index in [1.807, 2.05) is 0 Å². The molecule has 8 aromatic rings. The SMILES string of the molecule is COc1cc(O)c2cc1C(c1ccc(C(=O)OCC(=O)OC34CC5CC(C)(CC(O)(C5)C3)C4)cc1)c1cc(c(OC)cc1O)C(c1ccc(C(=O)OCC(=O)OC34CC5CC(C)(CC(O)(C5)C3)C4)cc1)c1cc(c(OC)cc1O)C(c1ccc(C(=O)OCC(=O)OC34CC5CC(C)(CC(O)(C5)C3)C4)cc1)c1cc(c(OC)cc1O)C2c1ccc(C(=O)OCC(=O)OC23CC4CC(C)(CC(O)(C4)C2)C3)cc1. The Balaban J connectivity index is 0.685. The first-order chi connectivity index (χ1) is 66.4. The minimum atomic E-state index is -1.25. The summed E-state index contributed by atoms with van der Waals surface area (Å²) >= 11 is 0. The first-order valence-electron chi connectivity index (χ1n) is 48.9. The van der Waals surface area contributed by atoms with Gasteiger partial charge in [0.15, 0.2) is 26.4 Å². The summed E-state index contributed by atoms with van der Waals surface area (Å²) in [7, 11) is 5.54. The highest BCUT2D eigenvalue weighted by molar-refractivity contribution is 5.93. The summed E-state index contributed by atoms with van der Waals surface area (Å²) in [6, 6.07) is 37.0. The molecule has 25 rings (SSSR count). The number of fused-ring (bicyclic) bond motifs is 8. The van der Waals surface area contributed by atoms with Gasteiger partial charge in [-0.25, -0.2) is 38.4 Å². The summed E-state index contributed by atoms with van der Waals surface area (Å²) in [6.07, 6.45) is 14.4. The molecule has 28 heteroatoms. The zero-order valence-corrected chi connectivity index (χ0v) is 80.0. The van der Waals surface area contributed by atoms with Gasteiger partial charge in [0.1, 0.15) is 68.4 Å². The lowest BCUT2D eigenvalue weighted by Crippen LogP contribution is -2.63. The first kappa shape index (κ1) is 94.0. The average Bonchev–Trinajstić information content (AvgIpc) is 0.718. The lowest BCUT2D eigenvalue weighted by Gasteiger charge is -2.63. The average molecular weight is 1910 g/mol. The Labute approximate surface area is 810 Å². The quantitative estimate of drug-likeness (QED) is 0.0206. The number of carbonyl (C=O) groups excluding carboxylic acids is 8. The summed E-state index contributed by atoms with van der Waals surface area (Å²) in [5.41, 5.74) is -5.51. The van der Waals surface area contributed by atoms with Crippen LogP contribution < -0.4 is 18.9 Å². The smallest absolute Gasteiger partial charge is 0.344 e. The number of benzene rings is 8. The van der Waals surface area contributed by atoms with E-state index in [9.17, 15) is 79.2 Å². The van der Waals surface area contributed by atoms with Crippen LogP contribution in [0, 0.1) is 45.3 Å². The van der Waals surface area contributed by atoms with Gasteiger partial charge in [-0.1, -0.05) is 76.2 Å². The molecule has 20 atom stereocenters. The van der Waals surface area contributed by atoms with Crippen LogP contribution in [0.2, 0.25) is 0 Å². The molecule has 28 nitrogen and oxygen atoms in total. The Morgan fingerprint density at radius 3 is 0.621 bits per heavy atom. The van der Waals surface area contributed by atoms with Crippen molar-refractivity contribution < 1.29 is 136 Å². The van der Waals surface area contributed by atoms with Crippen LogP contribution in [0.5, 0.6) is 46.0 Å². The summed E-state index contributed by atoms with van der Waals surface area (Å²) in [6.45, 7) is 5.50. The summed E-state index contributed by atoms with van der Waals surface area (Å²) in [4.78, 5) is 113. The number of aliphatic hydroxyl groups is 4. The lowest BCUT2D eigenvalue weighted by atomic mass is 9.47. The van der Waals surface area contributed by atoms with Crippen LogP contribution in [0.4, 0.5) is 0 Å². The Bertz CT molecular complexity index is 5560. The normalized spacial score (nSPS) is 33.7. The minimum Gasteiger partial charge on any atom is -0.507 e. The molecule has 17 aliphatic rings. The van der Waals surface area contributed by atoms with Crippen molar-refractivity contribution >= 4 is 47.8 Å². The third kappa shape index (κ3) is 17.4. The van der Waals surface area contributed by atoms with Gasteiger partial charge in [0, 0.05) is 118 Å². The van der Waals surface area contributed by atoms with Crippen molar-refractivity contribution in [2.75, 3.05) is 54.9 Å². The largest absolute Gasteiger partial charge is 0.507 e. The maximum Gasteiger partial charge on any atom is 0.344 e. The Morgan fingerprint density at radius 2 is 0.450 bits per heavy atom. The number of phenols is 4. The number of hydrogen-bond acceptors (Lipinski definition) is 28. The molecule has 736 valence electrons. The van der Waals surface area contributed by atoms with E-state index in [0.717, 1.165) is 25.7 Å². The van der Waals surface area contributed by atoms with E-state index in [4.69, 9.17) is 56.8 Å². The fourth-order valence-electron chi connectivity index (χ4n) is 31.7. The van der Waals surface area contributed by atoms with Crippen molar-refractivity contribution in [3.8, 4) is 46.0 Å². The molecule has 0 amide bonds. The number of aromatic hydroxyl groups is 4. The van der Waals surface area contributed by atoms with E-state index in [1.165, 1.54) is 101 Å². The molecule has 140 heavy (non-hydrogen) atoms. The zero-order chi connectivity index (χ0) is 98.3. The molecule has 20 unspecified atom stereocenters. The highest BCUT2D eigenvalue weighted by Gasteiger charge is 2.68. The van der Waals surface area contributed by atoms with Gasteiger partial charge in [-0.2, -0.15) is 0 Å². The summed E-state index contributed by atoms with van der Waals surface area (Å²) < 4.78 is 73.2. The van der Waals surface area contributed by atoms with Crippen LogP contribution in [-0.4, -0.2) is 188 Å². The minimum absolute atomic E-state index is 0.000280. The second kappa shape index (κ2) is 33.7. The van der Waals surface area contributed by atoms with Gasteiger partial charge in [0.2, 0.25) is 0 Å². The van der Waals surface area contributed by atoms with Gasteiger partial charge in [0.05, 0.1) is 73.1 Å². The van der Waals surface area contributed by atoms with Crippen LogP contribution in [0.3, 0.4) is 0 Å². The predicted molar refractivity (Wildman–Crippen MR) is 502 cm³/mol. The maximum absolute atomic E-state index is 14.4. The third-order valence-corrected chi connectivity index (χ3v) is 33.6. The summed E-state index contributed by atoms with van der Waals surface area (Å²) in [5, 5.41) is 99.6. The van der Waals surface area contributed by atoms with E-state index in [1.54, 1.807) is 72.8 Å². The van der Waals surface area contributed by atoms with Crippen LogP contribution in [-0.2, 0) is 57.1 Å². The zero-order valence-electron chi connectivity index (χ0n) is 80.0.